The molecule has 2 rings (SSSR count). The normalized spacial score (nSPS) is 27.1. The summed E-state index contributed by atoms with van der Waals surface area (Å²) >= 11 is 1.55. The number of carbonyl (C=O) groups excluding carboxylic acids is 1. The summed E-state index contributed by atoms with van der Waals surface area (Å²) in [5.41, 5.74) is 2.90. The molecule has 0 aromatic rings. The highest BCUT2D eigenvalue weighted by Gasteiger charge is 2.32. The van der Waals surface area contributed by atoms with Crippen LogP contribution < -0.4 is 0 Å². The second-order valence-electron chi connectivity index (χ2n) is 5.63. The van der Waals surface area contributed by atoms with Gasteiger partial charge in [-0.2, -0.15) is 0 Å². The molecule has 2 nitrogen and oxygen atoms in total. The summed E-state index contributed by atoms with van der Waals surface area (Å²) in [5.74, 6) is 0.153. The van der Waals surface area contributed by atoms with E-state index in [0.29, 0.717) is 0 Å². The SMILES string of the molecule is C=CC1=C=CC(=O)C(C)(CC)S1.CN1CCCCCC1. The number of hydrogen-bond donors (Lipinski definition) is 0. The lowest BCUT2D eigenvalue weighted by atomic mass is 10.0. The van der Waals surface area contributed by atoms with Crippen LogP contribution in [-0.2, 0) is 4.79 Å². The summed E-state index contributed by atoms with van der Waals surface area (Å²) in [4.78, 5) is 14.8. The van der Waals surface area contributed by atoms with Gasteiger partial charge in [0.2, 0.25) is 0 Å². The van der Waals surface area contributed by atoms with Crippen LogP contribution in [0, 0.1) is 0 Å². The van der Waals surface area contributed by atoms with Gasteiger partial charge < -0.3 is 4.90 Å². The zero-order valence-electron chi connectivity index (χ0n) is 13.1. The molecule has 3 heteroatoms. The highest BCUT2D eigenvalue weighted by atomic mass is 32.2. The largest absolute Gasteiger partial charge is 0.306 e. The number of nitrogens with zero attached hydrogens (tertiary/aromatic N) is 1. The molecule has 0 aromatic heterocycles. The van der Waals surface area contributed by atoms with E-state index in [1.165, 1.54) is 44.8 Å². The maximum atomic E-state index is 11.4. The Labute approximate surface area is 128 Å². The molecule has 20 heavy (non-hydrogen) atoms. The molecule has 0 aliphatic carbocycles. The molecule has 0 bridgehead atoms. The van der Waals surface area contributed by atoms with Gasteiger partial charge in [0.05, 0.1) is 4.75 Å². The highest BCUT2D eigenvalue weighted by Crippen LogP contribution is 2.38. The van der Waals surface area contributed by atoms with Gasteiger partial charge in [0.1, 0.15) is 0 Å². The molecular weight excluding hydrogens is 266 g/mol. The van der Waals surface area contributed by atoms with Gasteiger partial charge in [-0.3, -0.25) is 4.79 Å². The molecule has 0 amide bonds. The first-order valence-corrected chi connectivity index (χ1v) is 8.34. The van der Waals surface area contributed by atoms with Crippen molar-refractivity contribution in [1.82, 2.24) is 4.90 Å². The van der Waals surface area contributed by atoms with Gasteiger partial charge in [-0.15, -0.1) is 17.5 Å². The number of rotatable bonds is 2. The predicted octanol–water partition coefficient (Wildman–Crippen LogP) is 4.19. The van der Waals surface area contributed by atoms with Crippen molar-refractivity contribution >= 4 is 17.5 Å². The van der Waals surface area contributed by atoms with Crippen LogP contribution in [0.5, 0.6) is 0 Å². The fourth-order valence-electron chi connectivity index (χ4n) is 2.19. The third-order valence-electron chi connectivity index (χ3n) is 3.89. The molecule has 1 unspecified atom stereocenters. The Morgan fingerprint density at radius 3 is 2.50 bits per heavy atom. The Bertz CT molecular complexity index is 401. The van der Waals surface area contributed by atoms with E-state index in [-0.39, 0.29) is 10.5 Å². The molecule has 1 saturated heterocycles. The smallest absolute Gasteiger partial charge is 0.179 e. The van der Waals surface area contributed by atoms with E-state index in [4.69, 9.17) is 0 Å². The number of thioether (sulfide) groups is 1. The monoisotopic (exact) mass is 293 g/mol. The number of ketones is 1. The molecular formula is C17H27NOS. The maximum Gasteiger partial charge on any atom is 0.179 e. The Morgan fingerprint density at radius 1 is 1.40 bits per heavy atom. The predicted molar refractivity (Wildman–Crippen MR) is 89.1 cm³/mol. The maximum absolute atomic E-state index is 11.4. The molecule has 1 fully saturated rings. The minimum atomic E-state index is -0.297. The number of carbonyl (C=O) groups is 1. The third kappa shape index (κ3) is 5.32. The molecule has 2 aliphatic heterocycles. The Hall–Kier alpha value is -0.760. The summed E-state index contributed by atoms with van der Waals surface area (Å²) in [6, 6.07) is 0. The lowest BCUT2D eigenvalue weighted by molar-refractivity contribution is -0.116. The first-order chi connectivity index (χ1) is 9.51. The highest BCUT2D eigenvalue weighted by molar-refractivity contribution is 8.05. The molecule has 0 radical (unpaired) electrons. The van der Waals surface area contributed by atoms with Crippen LogP contribution in [0.15, 0.2) is 29.4 Å². The van der Waals surface area contributed by atoms with Gasteiger partial charge >= 0.3 is 0 Å². The second kappa shape index (κ2) is 8.51. The van der Waals surface area contributed by atoms with Gasteiger partial charge in [-0.05, 0) is 52.4 Å². The lowest BCUT2D eigenvalue weighted by Crippen LogP contribution is -2.30. The molecule has 0 saturated carbocycles. The molecule has 0 N–H and O–H groups in total. The van der Waals surface area contributed by atoms with Crippen molar-refractivity contribution in [2.75, 3.05) is 20.1 Å². The fraction of sp³-hybridized carbons (Fsp3) is 0.647. The first kappa shape index (κ1) is 17.3. The van der Waals surface area contributed by atoms with Gasteiger partial charge in [0, 0.05) is 11.0 Å². The number of hydrogen-bond acceptors (Lipinski definition) is 3. The van der Waals surface area contributed by atoms with E-state index in [9.17, 15) is 4.79 Å². The van der Waals surface area contributed by atoms with E-state index in [0.717, 1.165) is 11.3 Å². The van der Waals surface area contributed by atoms with Crippen LogP contribution >= 0.6 is 11.8 Å². The molecule has 0 aromatic carbocycles. The van der Waals surface area contributed by atoms with Crippen LogP contribution in [0.2, 0.25) is 0 Å². The summed E-state index contributed by atoms with van der Waals surface area (Å²) in [6.07, 6.45) is 9.83. The fourth-order valence-corrected chi connectivity index (χ4v) is 3.18. The van der Waals surface area contributed by atoms with Crippen molar-refractivity contribution in [3.05, 3.63) is 29.4 Å². The van der Waals surface area contributed by atoms with Crippen molar-refractivity contribution in [2.45, 2.75) is 50.7 Å². The lowest BCUT2D eigenvalue weighted by Gasteiger charge is -2.25. The molecule has 2 heterocycles. The van der Waals surface area contributed by atoms with Crippen molar-refractivity contribution in [3.8, 4) is 0 Å². The zero-order chi connectivity index (χ0) is 15.0. The Morgan fingerprint density at radius 2 is 2.00 bits per heavy atom. The van der Waals surface area contributed by atoms with Gasteiger partial charge in [-0.25, -0.2) is 0 Å². The standard InChI is InChI=1S/C10H12OS.C7H15N/c1-4-8-6-7-9(11)10(3,5-2)12-8;1-8-6-4-2-3-5-7-8/h4,7H,1,5H2,2-3H3;2-7H2,1H3. The summed E-state index contributed by atoms with van der Waals surface area (Å²) in [6.45, 7) is 10.3. The Balaban J connectivity index is 0.000000217. The minimum Gasteiger partial charge on any atom is -0.306 e. The second-order valence-corrected chi connectivity index (χ2v) is 7.17. The third-order valence-corrected chi connectivity index (χ3v) is 5.34. The van der Waals surface area contributed by atoms with Crippen LogP contribution in [-0.4, -0.2) is 35.6 Å². The molecule has 0 spiro atoms. The van der Waals surface area contributed by atoms with E-state index >= 15 is 0 Å². The average Bonchev–Trinajstić information content (AvgIpc) is 2.70. The van der Waals surface area contributed by atoms with E-state index in [1.54, 1.807) is 17.8 Å². The zero-order valence-corrected chi connectivity index (χ0v) is 13.9. The average molecular weight is 293 g/mol. The number of likely N-dealkylation sites (tertiary alicyclic amines) is 1. The van der Waals surface area contributed by atoms with Crippen LogP contribution in [0.1, 0.15) is 46.0 Å². The van der Waals surface area contributed by atoms with Crippen molar-refractivity contribution in [3.63, 3.8) is 0 Å². The summed E-state index contributed by atoms with van der Waals surface area (Å²) in [5, 5.41) is 0. The van der Waals surface area contributed by atoms with Crippen LogP contribution in [0.25, 0.3) is 0 Å². The topological polar surface area (TPSA) is 20.3 Å². The van der Waals surface area contributed by atoms with Crippen LogP contribution in [0.4, 0.5) is 0 Å². The van der Waals surface area contributed by atoms with Gasteiger partial charge in [0.25, 0.3) is 0 Å². The molecule has 112 valence electrons. The quantitative estimate of drug-likeness (QED) is 0.712. The minimum absolute atomic E-state index is 0.153. The van der Waals surface area contributed by atoms with E-state index in [1.807, 2.05) is 13.8 Å². The van der Waals surface area contributed by atoms with Crippen molar-refractivity contribution in [1.29, 1.82) is 0 Å². The van der Waals surface area contributed by atoms with Crippen LogP contribution in [0.3, 0.4) is 0 Å². The summed E-state index contributed by atoms with van der Waals surface area (Å²) in [7, 11) is 2.21. The Kier molecular flexibility index (Phi) is 7.36. The summed E-state index contributed by atoms with van der Waals surface area (Å²) < 4.78 is -0.297. The number of allylic oxidation sites excluding steroid dienone is 1. The molecule has 1 atom stereocenters. The molecule has 2 aliphatic rings. The van der Waals surface area contributed by atoms with Crippen molar-refractivity contribution in [2.24, 2.45) is 0 Å². The van der Waals surface area contributed by atoms with E-state index in [2.05, 4.69) is 24.3 Å². The van der Waals surface area contributed by atoms with Gasteiger partial charge in [0.15, 0.2) is 5.78 Å². The first-order valence-electron chi connectivity index (χ1n) is 7.53. The van der Waals surface area contributed by atoms with Crippen molar-refractivity contribution < 1.29 is 4.79 Å². The van der Waals surface area contributed by atoms with E-state index < -0.39 is 0 Å². The van der Waals surface area contributed by atoms with Gasteiger partial charge in [-0.1, -0.05) is 26.3 Å².